The van der Waals surface area contributed by atoms with Crippen LogP contribution in [0.4, 0.5) is 0 Å². The van der Waals surface area contributed by atoms with Gasteiger partial charge in [0.1, 0.15) is 32.5 Å². The second-order valence-corrected chi connectivity index (χ2v) is 6.13. The number of amides is 2. The van der Waals surface area contributed by atoms with Crippen molar-refractivity contribution in [3.63, 3.8) is 0 Å². The molecule has 0 heterocycles. The summed E-state index contributed by atoms with van der Waals surface area (Å²) in [4.78, 5) is 46.0. The molecule has 0 unspecified atom stereocenters. The van der Waals surface area contributed by atoms with Crippen molar-refractivity contribution in [1.82, 2.24) is 10.6 Å². The van der Waals surface area contributed by atoms with E-state index >= 15 is 0 Å². The maximum absolute atomic E-state index is 12.2. The van der Waals surface area contributed by atoms with Gasteiger partial charge in [0.2, 0.25) is 11.8 Å². The van der Waals surface area contributed by atoms with Gasteiger partial charge >= 0.3 is 11.9 Å². The third kappa shape index (κ3) is 18.2. The van der Waals surface area contributed by atoms with Crippen LogP contribution in [-0.2, 0) is 38.1 Å². The molecule has 0 rings (SSSR count). The fourth-order valence-corrected chi connectivity index (χ4v) is 2.16. The molecule has 0 fully saturated rings. The minimum absolute atomic E-state index is 0.0227. The highest BCUT2D eigenvalue weighted by molar-refractivity contribution is 5.85. The standard InChI is InChI=1S/C18H32N2O11/c21-5-7-28-11-15(23)19-4-2-1-3-14(20-16(24)12-29-8-6-22)18(27)31-10-9-30-13-17(25)26/h14,21-22H,1-13H2,(H,19,23)(H,20,24)(H,25,26)/t14-/m0/s1. The molecule has 2 amide bonds. The Bertz CT molecular complexity index is 531. The predicted molar refractivity (Wildman–Crippen MR) is 104 cm³/mol. The van der Waals surface area contributed by atoms with Gasteiger partial charge in [-0.15, -0.1) is 0 Å². The highest BCUT2D eigenvalue weighted by atomic mass is 16.6. The van der Waals surface area contributed by atoms with E-state index in [1.807, 2.05) is 0 Å². The molecule has 0 aromatic heterocycles. The molecular weight excluding hydrogens is 420 g/mol. The van der Waals surface area contributed by atoms with E-state index in [-0.39, 0.29) is 65.2 Å². The van der Waals surface area contributed by atoms with Gasteiger partial charge in [0.25, 0.3) is 0 Å². The Morgan fingerprint density at radius 3 is 2.00 bits per heavy atom. The molecule has 0 aliphatic heterocycles. The Labute approximate surface area is 180 Å². The van der Waals surface area contributed by atoms with Gasteiger partial charge in [-0.05, 0) is 19.3 Å². The van der Waals surface area contributed by atoms with Crippen LogP contribution in [0.2, 0.25) is 0 Å². The number of carboxylic acid groups (broad SMARTS) is 1. The van der Waals surface area contributed by atoms with E-state index < -0.39 is 30.5 Å². The Morgan fingerprint density at radius 2 is 1.39 bits per heavy atom. The fourth-order valence-electron chi connectivity index (χ4n) is 2.16. The van der Waals surface area contributed by atoms with Crippen molar-refractivity contribution in [2.75, 3.05) is 66.0 Å². The number of unbranched alkanes of at least 4 members (excludes halogenated alkanes) is 1. The van der Waals surface area contributed by atoms with Gasteiger partial charge in [-0.1, -0.05) is 0 Å². The number of rotatable bonds is 20. The van der Waals surface area contributed by atoms with Crippen molar-refractivity contribution >= 4 is 23.8 Å². The summed E-state index contributed by atoms with van der Waals surface area (Å²) in [6.45, 7) is -1.34. The number of aliphatic hydroxyl groups excluding tert-OH is 2. The summed E-state index contributed by atoms with van der Waals surface area (Å²) in [6, 6.07) is -0.965. The number of carbonyl (C=O) groups is 4. The lowest BCUT2D eigenvalue weighted by molar-refractivity contribution is -0.151. The van der Waals surface area contributed by atoms with E-state index in [1.165, 1.54) is 0 Å². The maximum atomic E-state index is 12.2. The molecule has 0 aliphatic rings. The number of nitrogens with one attached hydrogen (secondary N) is 2. The minimum Gasteiger partial charge on any atom is -0.480 e. The first-order chi connectivity index (χ1) is 14.9. The molecule has 13 nitrogen and oxygen atoms in total. The summed E-state index contributed by atoms with van der Waals surface area (Å²) in [5.41, 5.74) is 0. The zero-order valence-electron chi connectivity index (χ0n) is 17.4. The highest BCUT2D eigenvalue weighted by Gasteiger charge is 2.22. The third-order valence-corrected chi connectivity index (χ3v) is 3.50. The summed E-state index contributed by atoms with van der Waals surface area (Å²) >= 11 is 0. The monoisotopic (exact) mass is 452 g/mol. The third-order valence-electron chi connectivity index (χ3n) is 3.50. The first-order valence-electron chi connectivity index (χ1n) is 9.80. The largest absolute Gasteiger partial charge is 0.480 e. The van der Waals surface area contributed by atoms with Crippen LogP contribution in [-0.4, -0.2) is 111 Å². The van der Waals surface area contributed by atoms with Crippen LogP contribution in [0.15, 0.2) is 0 Å². The molecule has 0 bridgehead atoms. The Morgan fingerprint density at radius 1 is 0.774 bits per heavy atom. The number of aliphatic hydroxyl groups is 2. The topological polar surface area (TPSA) is 190 Å². The number of hydrogen-bond acceptors (Lipinski definition) is 10. The Hall–Kier alpha value is -2.32. The molecular formula is C18H32N2O11. The lowest BCUT2D eigenvalue weighted by Crippen LogP contribution is -2.44. The van der Waals surface area contributed by atoms with Gasteiger partial charge < -0.3 is 44.9 Å². The molecule has 0 aliphatic carbocycles. The summed E-state index contributed by atoms with van der Waals surface area (Å²) in [6.07, 6.45) is 1.23. The van der Waals surface area contributed by atoms with Gasteiger partial charge in [0.05, 0.1) is 33.0 Å². The van der Waals surface area contributed by atoms with E-state index in [2.05, 4.69) is 10.6 Å². The lowest BCUT2D eigenvalue weighted by atomic mass is 10.1. The summed E-state index contributed by atoms with van der Waals surface area (Å²) in [5, 5.41) is 30.8. The van der Waals surface area contributed by atoms with Gasteiger partial charge in [-0.2, -0.15) is 0 Å². The second kappa shape index (κ2) is 19.6. The van der Waals surface area contributed by atoms with Gasteiger partial charge in [-0.3, -0.25) is 9.59 Å². The van der Waals surface area contributed by atoms with Crippen molar-refractivity contribution in [3.05, 3.63) is 0 Å². The van der Waals surface area contributed by atoms with Crippen molar-refractivity contribution in [3.8, 4) is 0 Å². The quantitative estimate of drug-likeness (QED) is 0.0963. The van der Waals surface area contributed by atoms with Crippen LogP contribution in [0, 0.1) is 0 Å². The van der Waals surface area contributed by atoms with E-state index in [1.54, 1.807) is 0 Å². The summed E-state index contributed by atoms with van der Waals surface area (Å²) in [7, 11) is 0. The first kappa shape index (κ1) is 28.7. The smallest absolute Gasteiger partial charge is 0.329 e. The number of hydrogen-bond donors (Lipinski definition) is 5. The van der Waals surface area contributed by atoms with Crippen LogP contribution in [0.5, 0.6) is 0 Å². The van der Waals surface area contributed by atoms with Crippen LogP contribution in [0.3, 0.4) is 0 Å². The zero-order chi connectivity index (χ0) is 23.3. The average molecular weight is 452 g/mol. The molecule has 0 spiro atoms. The van der Waals surface area contributed by atoms with Crippen molar-refractivity contribution in [1.29, 1.82) is 0 Å². The van der Waals surface area contributed by atoms with Gasteiger partial charge in [0, 0.05) is 6.54 Å². The molecule has 0 saturated heterocycles. The number of aliphatic carboxylic acids is 1. The molecule has 180 valence electrons. The SMILES string of the molecule is O=C(O)COCCOC(=O)[C@H](CCCCNC(=O)COCCO)NC(=O)COCCO. The van der Waals surface area contributed by atoms with Crippen LogP contribution in [0.25, 0.3) is 0 Å². The number of carbonyl (C=O) groups excluding carboxylic acids is 3. The van der Waals surface area contributed by atoms with Crippen molar-refractivity contribution in [2.24, 2.45) is 0 Å². The zero-order valence-corrected chi connectivity index (χ0v) is 17.4. The normalized spacial score (nSPS) is 11.5. The molecule has 31 heavy (non-hydrogen) atoms. The predicted octanol–water partition coefficient (Wildman–Crippen LogP) is -2.58. The van der Waals surface area contributed by atoms with Crippen LogP contribution < -0.4 is 10.6 Å². The highest BCUT2D eigenvalue weighted by Crippen LogP contribution is 2.04. The van der Waals surface area contributed by atoms with Crippen LogP contribution in [0.1, 0.15) is 19.3 Å². The Balaban J connectivity index is 4.33. The molecule has 1 atom stereocenters. The summed E-state index contributed by atoms with van der Waals surface area (Å²) in [5.74, 6) is -2.76. The fraction of sp³-hybridized carbons (Fsp3) is 0.778. The molecule has 0 saturated carbocycles. The van der Waals surface area contributed by atoms with Gasteiger partial charge in [0.15, 0.2) is 0 Å². The molecule has 13 heteroatoms. The average Bonchev–Trinajstić information content (AvgIpc) is 2.72. The van der Waals surface area contributed by atoms with E-state index in [0.29, 0.717) is 19.4 Å². The molecule has 0 radical (unpaired) electrons. The van der Waals surface area contributed by atoms with E-state index in [4.69, 9.17) is 34.3 Å². The Kier molecular flexibility index (Phi) is 18.2. The van der Waals surface area contributed by atoms with E-state index in [9.17, 15) is 19.2 Å². The van der Waals surface area contributed by atoms with Crippen molar-refractivity contribution < 1.29 is 53.4 Å². The number of carboxylic acids is 1. The van der Waals surface area contributed by atoms with Crippen molar-refractivity contribution in [2.45, 2.75) is 25.3 Å². The molecule has 5 N–H and O–H groups in total. The minimum atomic E-state index is -1.15. The van der Waals surface area contributed by atoms with Gasteiger partial charge in [-0.25, -0.2) is 9.59 Å². The maximum Gasteiger partial charge on any atom is 0.329 e. The summed E-state index contributed by atoms with van der Waals surface area (Å²) < 4.78 is 19.6. The van der Waals surface area contributed by atoms with E-state index in [0.717, 1.165) is 0 Å². The number of ether oxygens (including phenoxy) is 4. The second-order valence-electron chi connectivity index (χ2n) is 6.13. The molecule has 0 aromatic rings. The van der Waals surface area contributed by atoms with Crippen LogP contribution >= 0.6 is 0 Å². The lowest BCUT2D eigenvalue weighted by Gasteiger charge is -2.18. The molecule has 0 aromatic carbocycles. The first-order valence-corrected chi connectivity index (χ1v) is 9.80. The number of esters is 1.